The van der Waals surface area contributed by atoms with Crippen LogP contribution < -0.4 is 31.4 Å². The molecular formula is C30H28F2N6O6. The number of nitrogens with zero attached hydrogens (tertiary/aromatic N) is 2. The summed E-state index contributed by atoms with van der Waals surface area (Å²) in [4.78, 5) is 19.5. The van der Waals surface area contributed by atoms with Crippen molar-refractivity contribution in [1.82, 2.24) is 4.98 Å². The first-order chi connectivity index (χ1) is 21.0. The molecule has 0 atom stereocenters. The molecule has 12 nitrogen and oxygen atoms in total. The molecule has 0 spiro atoms. The summed E-state index contributed by atoms with van der Waals surface area (Å²) in [6.45, 7) is 1.94. The average molecular weight is 607 g/mol. The van der Waals surface area contributed by atoms with Gasteiger partial charge in [-0.2, -0.15) is 13.8 Å². The summed E-state index contributed by atoms with van der Waals surface area (Å²) in [6.07, 6.45) is 0.380. The van der Waals surface area contributed by atoms with E-state index < -0.39 is 40.9 Å². The number of rotatable bonds is 12. The van der Waals surface area contributed by atoms with Crippen molar-refractivity contribution in [2.45, 2.75) is 19.8 Å². The number of guanidine groups is 1. The van der Waals surface area contributed by atoms with Crippen LogP contribution >= 0.6 is 0 Å². The second-order valence-corrected chi connectivity index (χ2v) is 9.07. The van der Waals surface area contributed by atoms with E-state index in [9.17, 15) is 9.90 Å². The highest BCUT2D eigenvalue weighted by molar-refractivity contribution is 5.95. The fourth-order valence-electron chi connectivity index (χ4n) is 3.81. The summed E-state index contributed by atoms with van der Waals surface area (Å²) in [6, 6.07) is 15.9. The Morgan fingerprint density at radius 1 is 0.932 bits per heavy atom. The number of amidine groups is 1. The summed E-state index contributed by atoms with van der Waals surface area (Å²) in [5, 5.41) is 17.9. The van der Waals surface area contributed by atoms with Crippen molar-refractivity contribution < 1.29 is 37.6 Å². The second kappa shape index (κ2) is 13.8. The van der Waals surface area contributed by atoms with Crippen LogP contribution in [0.15, 0.2) is 71.7 Å². The van der Waals surface area contributed by atoms with Gasteiger partial charge in [-0.3, -0.25) is 10.2 Å². The molecule has 8 N–H and O–H groups in total. The predicted octanol–water partition coefficient (Wildman–Crippen LogP) is 5.13. The molecule has 228 valence electrons. The summed E-state index contributed by atoms with van der Waals surface area (Å²) < 4.78 is 53.3. The van der Waals surface area contributed by atoms with Gasteiger partial charge in [0.25, 0.3) is 11.8 Å². The lowest BCUT2D eigenvalue weighted by molar-refractivity contribution is -0.143. The second-order valence-electron chi connectivity index (χ2n) is 9.07. The number of aromatic nitrogens is 1. The lowest BCUT2D eigenvalue weighted by Crippen LogP contribution is -2.21. The number of nitrogens with one attached hydrogen (secondary N) is 1. The molecule has 1 aromatic heterocycles. The molecule has 44 heavy (non-hydrogen) atoms. The Balaban J connectivity index is 1.75. The summed E-state index contributed by atoms with van der Waals surface area (Å²) in [5.41, 5.74) is 17.5. The normalized spacial score (nSPS) is 10.5. The van der Waals surface area contributed by atoms with Crippen LogP contribution in [0.2, 0.25) is 0 Å². The molecule has 1 heterocycles. The largest absolute Gasteiger partial charge is 0.504 e. The number of pyridine rings is 1. The molecule has 4 aromatic rings. The van der Waals surface area contributed by atoms with Crippen molar-refractivity contribution in [3.8, 4) is 40.5 Å². The Morgan fingerprint density at radius 2 is 1.61 bits per heavy atom. The maximum absolute atomic E-state index is 15.8. The Morgan fingerprint density at radius 3 is 2.30 bits per heavy atom. The Labute approximate surface area is 250 Å². The minimum absolute atomic E-state index is 0.0310. The Bertz CT molecular complexity index is 1730. The number of aryl methyl sites for hydroxylation is 1. The number of carbonyl (C=O) groups excluding carboxylic acids is 1. The van der Waals surface area contributed by atoms with Crippen LogP contribution in [0.1, 0.15) is 24.5 Å². The van der Waals surface area contributed by atoms with Gasteiger partial charge in [-0.15, -0.1) is 0 Å². The van der Waals surface area contributed by atoms with Gasteiger partial charge in [0.2, 0.25) is 17.4 Å². The van der Waals surface area contributed by atoms with Crippen molar-refractivity contribution in [3.63, 3.8) is 0 Å². The molecule has 14 heteroatoms. The number of phenolic OH excluding ortho intramolecular Hbond substituents is 1. The first kappa shape index (κ1) is 31.0. The maximum Gasteiger partial charge on any atom is 0.306 e. The van der Waals surface area contributed by atoms with Gasteiger partial charge < -0.3 is 41.3 Å². The number of hydrogen-bond acceptors (Lipinski definition) is 9. The van der Waals surface area contributed by atoms with Crippen LogP contribution in [-0.4, -0.2) is 34.5 Å². The van der Waals surface area contributed by atoms with E-state index in [0.717, 1.165) is 0 Å². The molecule has 0 saturated heterocycles. The SMILES string of the molecule is CCOC(=O)CCc1cccc(Oc2c(F)c(Oc3cccc(N=C(N)N)c3)nc(Oc3cc(C(=N)N)ccc3O)c2F)c1. The van der Waals surface area contributed by atoms with Gasteiger partial charge in [-0.05, 0) is 61.4 Å². The number of benzene rings is 3. The fourth-order valence-corrected chi connectivity index (χ4v) is 3.81. The third-order valence-electron chi connectivity index (χ3n) is 5.79. The zero-order valence-corrected chi connectivity index (χ0v) is 23.3. The number of aliphatic imine (C=N–C) groups is 1. The number of hydrogen-bond donors (Lipinski definition) is 5. The number of carbonyl (C=O) groups is 1. The average Bonchev–Trinajstić information content (AvgIpc) is 2.98. The van der Waals surface area contributed by atoms with E-state index in [4.69, 9.17) is 41.6 Å². The third-order valence-corrected chi connectivity index (χ3v) is 5.79. The van der Waals surface area contributed by atoms with E-state index in [1.165, 1.54) is 48.5 Å². The van der Waals surface area contributed by atoms with E-state index in [-0.39, 0.29) is 59.7 Å². The van der Waals surface area contributed by atoms with E-state index in [0.29, 0.717) is 5.56 Å². The minimum atomic E-state index is -1.37. The van der Waals surface area contributed by atoms with Gasteiger partial charge in [0.15, 0.2) is 17.5 Å². The Hall–Kier alpha value is -5.92. The van der Waals surface area contributed by atoms with Crippen molar-refractivity contribution in [1.29, 1.82) is 5.41 Å². The maximum atomic E-state index is 15.8. The molecule has 3 aromatic carbocycles. The third kappa shape index (κ3) is 7.88. The molecule has 0 unspecified atom stereocenters. The van der Waals surface area contributed by atoms with Crippen LogP contribution in [0.25, 0.3) is 0 Å². The highest BCUT2D eigenvalue weighted by Crippen LogP contribution is 2.41. The molecule has 0 saturated carbocycles. The van der Waals surface area contributed by atoms with Crippen LogP contribution in [0.4, 0.5) is 14.5 Å². The monoisotopic (exact) mass is 606 g/mol. The molecule has 0 fully saturated rings. The molecule has 0 aliphatic heterocycles. The van der Waals surface area contributed by atoms with Crippen LogP contribution in [-0.2, 0) is 16.0 Å². The highest BCUT2D eigenvalue weighted by Gasteiger charge is 2.27. The van der Waals surface area contributed by atoms with Crippen molar-refractivity contribution in [3.05, 3.63) is 89.5 Å². The molecule has 0 aliphatic rings. The number of phenols is 1. The standard InChI is InChI=1S/C30H28F2N6O6/c1-2-41-23(40)12-9-16-5-3-7-19(13-16)42-26-24(31)28(43-20-8-4-6-18(15-20)37-30(35)36)38-29(25(26)32)44-22-14-17(27(33)34)10-11-21(22)39/h3-8,10-11,13-15,39H,2,9,12H2,1H3,(H3,33,34)(H4,35,36,37). The lowest BCUT2D eigenvalue weighted by atomic mass is 10.1. The molecule has 0 aliphatic carbocycles. The minimum Gasteiger partial charge on any atom is -0.504 e. The van der Waals surface area contributed by atoms with Gasteiger partial charge in [0.1, 0.15) is 17.3 Å². The molecule has 0 amide bonds. The lowest BCUT2D eigenvalue weighted by Gasteiger charge is -2.16. The van der Waals surface area contributed by atoms with Gasteiger partial charge in [-0.1, -0.05) is 18.2 Å². The van der Waals surface area contributed by atoms with Gasteiger partial charge in [0, 0.05) is 18.1 Å². The van der Waals surface area contributed by atoms with Crippen molar-refractivity contribution >= 4 is 23.5 Å². The van der Waals surface area contributed by atoms with Crippen LogP contribution in [0.3, 0.4) is 0 Å². The molecule has 0 radical (unpaired) electrons. The first-order valence-electron chi connectivity index (χ1n) is 13.1. The van der Waals surface area contributed by atoms with Gasteiger partial charge in [0.05, 0.1) is 12.3 Å². The zero-order valence-electron chi connectivity index (χ0n) is 23.3. The number of ether oxygens (including phenoxy) is 4. The smallest absolute Gasteiger partial charge is 0.306 e. The summed E-state index contributed by atoms with van der Waals surface area (Å²) in [5.74, 6) is -6.87. The molecule has 0 bridgehead atoms. The topological polar surface area (TPSA) is 201 Å². The number of nitrogens with two attached hydrogens (primary N) is 3. The van der Waals surface area contributed by atoms with Gasteiger partial charge in [-0.25, -0.2) is 4.99 Å². The predicted molar refractivity (Wildman–Crippen MR) is 157 cm³/mol. The summed E-state index contributed by atoms with van der Waals surface area (Å²) >= 11 is 0. The molecular weight excluding hydrogens is 578 g/mol. The Kier molecular flexibility index (Phi) is 9.75. The quantitative estimate of drug-likeness (QED) is 0.0818. The van der Waals surface area contributed by atoms with Crippen molar-refractivity contribution in [2.75, 3.05) is 6.61 Å². The first-order valence-corrected chi connectivity index (χ1v) is 13.1. The summed E-state index contributed by atoms with van der Waals surface area (Å²) in [7, 11) is 0. The number of esters is 1. The van der Waals surface area contributed by atoms with Crippen LogP contribution in [0.5, 0.6) is 40.5 Å². The highest BCUT2D eigenvalue weighted by atomic mass is 19.1. The number of aromatic hydroxyl groups is 1. The number of nitrogen functional groups attached to an aromatic ring is 1. The van der Waals surface area contributed by atoms with E-state index in [1.807, 2.05) is 0 Å². The number of halogens is 2. The van der Waals surface area contributed by atoms with E-state index in [2.05, 4.69) is 9.98 Å². The van der Waals surface area contributed by atoms with E-state index in [1.54, 1.807) is 25.1 Å². The van der Waals surface area contributed by atoms with Gasteiger partial charge >= 0.3 is 5.97 Å². The van der Waals surface area contributed by atoms with E-state index >= 15 is 8.78 Å². The molecule has 4 rings (SSSR count). The fraction of sp³-hybridized carbons (Fsp3) is 0.133. The zero-order chi connectivity index (χ0) is 31.8. The van der Waals surface area contributed by atoms with Crippen LogP contribution in [0, 0.1) is 17.0 Å². The van der Waals surface area contributed by atoms with Crippen molar-refractivity contribution in [2.24, 2.45) is 22.2 Å².